The molecule has 0 radical (unpaired) electrons. The lowest BCUT2D eigenvalue weighted by Crippen LogP contribution is -2.49. The molecule has 1 unspecified atom stereocenters. The van der Waals surface area contributed by atoms with Gasteiger partial charge in [-0.2, -0.15) is 0 Å². The number of aliphatic carboxylic acids is 1. The van der Waals surface area contributed by atoms with Crippen molar-refractivity contribution in [1.82, 2.24) is 10.6 Å². The molecule has 3 atom stereocenters. The first kappa shape index (κ1) is 24.8. The number of hydrogen-bond acceptors (Lipinski definition) is 4. The zero-order valence-electron chi connectivity index (χ0n) is 20.2. The SMILES string of the molecule is CCCC(CNC(=O)[C@H]1CCCC[C@H]1NC(=O)OCC1c2ccccc2-c2ccccc21)C(=O)O. The molecular weight excluding hydrogens is 444 g/mol. The maximum Gasteiger partial charge on any atom is 0.407 e. The topological polar surface area (TPSA) is 105 Å². The number of alkyl carbamates (subject to hydrolysis) is 1. The second kappa shape index (κ2) is 11.4. The smallest absolute Gasteiger partial charge is 0.407 e. The van der Waals surface area contributed by atoms with Gasteiger partial charge in [0, 0.05) is 18.5 Å². The Hall–Kier alpha value is -3.35. The van der Waals surface area contributed by atoms with Crippen LogP contribution in [-0.2, 0) is 14.3 Å². The van der Waals surface area contributed by atoms with Gasteiger partial charge in [0.2, 0.25) is 5.91 Å². The number of rotatable bonds is 9. The number of amides is 2. The van der Waals surface area contributed by atoms with Gasteiger partial charge in [0.15, 0.2) is 0 Å². The quantitative estimate of drug-likeness (QED) is 0.485. The second-order valence-corrected chi connectivity index (χ2v) is 9.54. The standard InChI is InChI=1S/C28H34N2O5/c1-2-9-18(27(32)33)16-29-26(31)23-14-7-8-15-25(23)30-28(34)35-17-24-21-12-5-3-10-19(21)20-11-4-6-13-22(20)24/h3-6,10-13,18,23-25H,2,7-9,14-17H2,1H3,(H,29,31)(H,30,34)(H,32,33)/t18?,23-,25+/m0/s1. The lowest BCUT2D eigenvalue weighted by atomic mass is 9.83. The zero-order chi connectivity index (χ0) is 24.8. The highest BCUT2D eigenvalue weighted by Gasteiger charge is 2.34. The monoisotopic (exact) mass is 478 g/mol. The van der Waals surface area contributed by atoms with Gasteiger partial charge in [0.25, 0.3) is 0 Å². The van der Waals surface area contributed by atoms with Gasteiger partial charge in [-0.3, -0.25) is 9.59 Å². The summed E-state index contributed by atoms with van der Waals surface area (Å²) in [5.41, 5.74) is 4.64. The highest BCUT2D eigenvalue weighted by molar-refractivity contribution is 5.81. The van der Waals surface area contributed by atoms with E-state index in [0.29, 0.717) is 19.3 Å². The Kier molecular flexibility index (Phi) is 8.06. The van der Waals surface area contributed by atoms with Gasteiger partial charge in [-0.1, -0.05) is 74.7 Å². The van der Waals surface area contributed by atoms with Gasteiger partial charge in [0.1, 0.15) is 6.61 Å². The predicted molar refractivity (Wildman–Crippen MR) is 133 cm³/mol. The van der Waals surface area contributed by atoms with Gasteiger partial charge in [-0.15, -0.1) is 0 Å². The summed E-state index contributed by atoms with van der Waals surface area (Å²) < 4.78 is 5.67. The maximum atomic E-state index is 12.9. The number of ether oxygens (including phenoxy) is 1. The van der Waals surface area contributed by atoms with Crippen LogP contribution < -0.4 is 10.6 Å². The van der Waals surface area contributed by atoms with Gasteiger partial charge in [-0.25, -0.2) is 4.79 Å². The van der Waals surface area contributed by atoms with Gasteiger partial charge in [-0.05, 0) is 41.5 Å². The van der Waals surface area contributed by atoms with Crippen molar-refractivity contribution in [1.29, 1.82) is 0 Å². The molecule has 2 amide bonds. The van der Waals surface area contributed by atoms with E-state index in [0.717, 1.165) is 30.4 Å². The first-order valence-corrected chi connectivity index (χ1v) is 12.6. The van der Waals surface area contributed by atoms with Crippen LogP contribution in [0.3, 0.4) is 0 Å². The normalized spacial score (nSPS) is 19.8. The van der Waals surface area contributed by atoms with E-state index < -0.39 is 18.0 Å². The summed E-state index contributed by atoms with van der Waals surface area (Å²) in [5.74, 6) is -2.10. The number of nitrogens with one attached hydrogen (secondary N) is 2. The van der Waals surface area contributed by atoms with E-state index in [1.54, 1.807) is 0 Å². The molecule has 1 fully saturated rings. The maximum absolute atomic E-state index is 12.9. The number of benzene rings is 2. The van der Waals surface area contributed by atoms with Crippen LogP contribution in [0.2, 0.25) is 0 Å². The van der Waals surface area contributed by atoms with Crippen molar-refractivity contribution in [2.24, 2.45) is 11.8 Å². The molecule has 2 aromatic rings. The van der Waals surface area contributed by atoms with Crippen molar-refractivity contribution in [3.8, 4) is 11.1 Å². The summed E-state index contributed by atoms with van der Waals surface area (Å²) in [6.07, 6.45) is 3.91. The number of hydrogen-bond donors (Lipinski definition) is 3. The van der Waals surface area contributed by atoms with Crippen LogP contribution in [-0.4, -0.2) is 42.3 Å². The Morgan fingerprint density at radius 2 is 1.63 bits per heavy atom. The Bertz CT molecular complexity index is 1020. The first-order chi connectivity index (χ1) is 17.0. The molecule has 35 heavy (non-hydrogen) atoms. The minimum Gasteiger partial charge on any atom is -0.481 e. The molecule has 0 heterocycles. The molecule has 2 aromatic carbocycles. The van der Waals surface area contributed by atoms with Crippen LogP contribution in [0.1, 0.15) is 62.5 Å². The molecule has 1 saturated carbocycles. The number of carboxylic acid groups (broad SMARTS) is 1. The number of carboxylic acids is 1. The molecule has 7 nitrogen and oxygen atoms in total. The van der Waals surface area contributed by atoms with Crippen LogP contribution in [0.5, 0.6) is 0 Å². The summed E-state index contributed by atoms with van der Waals surface area (Å²) >= 11 is 0. The Morgan fingerprint density at radius 3 is 2.26 bits per heavy atom. The van der Waals surface area contributed by atoms with Crippen LogP contribution >= 0.6 is 0 Å². The minimum atomic E-state index is -0.899. The zero-order valence-corrected chi connectivity index (χ0v) is 20.2. The lowest BCUT2D eigenvalue weighted by Gasteiger charge is -2.31. The van der Waals surface area contributed by atoms with Crippen molar-refractivity contribution in [3.05, 3.63) is 59.7 Å². The van der Waals surface area contributed by atoms with Crippen molar-refractivity contribution in [2.75, 3.05) is 13.2 Å². The third-order valence-corrected chi connectivity index (χ3v) is 7.26. The molecule has 2 aliphatic rings. The summed E-state index contributed by atoms with van der Waals surface area (Å²) in [7, 11) is 0. The number of carbonyl (C=O) groups excluding carboxylic acids is 2. The largest absolute Gasteiger partial charge is 0.481 e. The molecule has 0 spiro atoms. The predicted octanol–water partition coefficient (Wildman–Crippen LogP) is 4.70. The summed E-state index contributed by atoms with van der Waals surface area (Å²) in [5, 5.41) is 15.1. The fraction of sp³-hybridized carbons (Fsp3) is 0.464. The van der Waals surface area contributed by atoms with Crippen molar-refractivity contribution >= 4 is 18.0 Å². The third kappa shape index (κ3) is 5.66. The molecule has 0 saturated heterocycles. The Balaban J connectivity index is 1.35. The van der Waals surface area contributed by atoms with Gasteiger partial charge < -0.3 is 20.5 Å². The molecule has 0 aliphatic heterocycles. The number of fused-ring (bicyclic) bond motifs is 3. The van der Waals surface area contributed by atoms with Crippen molar-refractivity contribution in [2.45, 2.75) is 57.4 Å². The summed E-state index contributed by atoms with van der Waals surface area (Å²) in [6, 6.07) is 16.0. The van der Waals surface area contributed by atoms with Gasteiger partial charge in [0.05, 0.1) is 11.8 Å². The fourth-order valence-electron chi connectivity index (χ4n) is 5.43. The van der Waals surface area contributed by atoms with E-state index >= 15 is 0 Å². The van der Waals surface area contributed by atoms with E-state index in [-0.39, 0.29) is 36.9 Å². The van der Waals surface area contributed by atoms with E-state index in [9.17, 15) is 19.5 Å². The lowest BCUT2D eigenvalue weighted by molar-refractivity contribution is -0.142. The van der Waals surface area contributed by atoms with Crippen LogP contribution in [0.15, 0.2) is 48.5 Å². The van der Waals surface area contributed by atoms with Gasteiger partial charge >= 0.3 is 12.1 Å². The third-order valence-electron chi connectivity index (χ3n) is 7.26. The van der Waals surface area contributed by atoms with E-state index in [1.165, 1.54) is 11.1 Å². The Morgan fingerprint density at radius 1 is 1.00 bits per heavy atom. The van der Waals surface area contributed by atoms with Crippen LogP contribution in [0, 0.1) is 11.8 Å². The molecule has 4 rings (SSSR count). The number of carbonyl (C=O) groups is 3. The molecule has 3 N–H and O–H groups in total. The molecule has 186 valence electrons. The molecule has 7 heteroatoms. The summed E-state index contributed by atoms with van der Waals surface area (Å²) in [6.45, 7) is 2.25. The van der Waals surface area contributed by atoms with E-state index in [4.69, 9.17) is 4.74 Å². The molecular formula is C28H34N2O5. The molecule has 0 bridgehead atoms. The average Bonchev–Trinajstić information content (AvgIpc) is 3.19. The second-order valence-electron chi connectivity index (χ2n) is 9.54. The van der Waals surface area contributed by atoms with Crippen LogP contribution in [0.25, 0.3) is 11.1 Å². The first-order valence-electron chi connectivity index (χ1n) is 12.6. The fourth-order valence-corrected chi connectivity index (χ4v) is 5.43. The molecule has 2 aliphatic carbocycles. The highest BCUT2D eigenvalue weighted by atomic mass is 16.5. The van der Waals surface area contributed by atoms with E-state index in [2.05, 4.69) is 34.9 Å². The van der Waals surface area contributed by atoms with Crippen LogP contribution in [0.4, 0.5) is 4.79 Å². The van der Waals surface area contributed by atoms with Crippen molar-refractivity contribution < 1.29 is 24.2 Å². The Labute approximate surface area is 206 Å². The summed E-state index contributed by atoms with van der Waals surface area (Å²) in [4.78, 5) is 37.0. The van der Waals surface area contributed by atoms with Crippen molar-refractivity contribution in [3.63, 3.8) is 0 Å². The van der Waals surface area contributed by atoms with E-state index in [1.807, 2.05) is 31.2 Å². The highest BCUT2D eigenvalue weighted by Crippen LogP contribution is 2.44. The average molecular weight is 479 g/mol. The minimum absolute atomic E-state index is 0.0230. The molecule has 0 aromatic heterocycles.